The van der Waals surface area contributed by atoms with Crippen LogP contribution in [0.5, 0.6) is 5.75 Å². The molecule has 0 aliphatic rings. The molecule has 4 aromatic rings. The van der Waals surface area contributed by atoms with E-state index in [1.165, 1.54) is 12.3 Å². The number of nitro benzene ring substituents is 1. The van der Waals surface area contributed by atoms with Gasteiger partial charge in [-0.1, -0.05) is 23.7 Å². The molecule has 150 valence electrons. The fourth-order valence-electron chi connectivity index (χ4n) is 3.12. The molecule has 0 unspecified atom stereocenters. The van der Waals surface area contributed by atoms with Crippen LogP contribution in [0.3, 0.4) is 0 Å². The summed E-state index contributed by atoms with van der Waals surface area (Å²) in [7, 11) is 0. The summed E-state index contributed by atoms with van der Waals surface area (Å²) in [5.74, 6) is -0.274. The predicted octanol–water partition coefficient (Wildman–Crippen LogP) is 5.50. The molecule has 0 fully saturated rings. The van der Waals surface area contributed by atoms with E-state index >= 15 is 0 Å². The SMILES string of the molecule is Cc1ccc2oc(-c3cccc(N=Cc4cc(Cl)cc([N+](=O)[O-])c4[O-])c3C)nc2c1. The monoisotopic (exact) mass is 420 g/mol. The van der Waals surface area contributed by atoms with Crippen molar-refractivity contribution < 1.29 is 14.4 Å². The smallest absolute Gasteiger partial charge is 0.263 e. The Balaban J connectivity index is 1.74. The number of aromatic nitrogens is 1. The second-order valence-corrected chi connectivity index (χ2v) is 7.23. The van der Waals surface area contributed by atoms with E-state index in [1.54, 1.807) is 12.1 Å². The van der Waals surface area contributed by atoms with Crippen molar-refractivity contribution in [3.63, 3.8) is 0 Å². The number of oxazole rings is 1. The summed E-state index contributed by atoms with van der Waals surface area (Å²) in [6, 6.07) is 13.6. The minimum Gasteiger partial charge on any atom is -0.867 e. The minimum absolute atomic E-state index is 0.0383. The second-order valence-electron chi connectivity index (χ2n) is 6.80. The number of hydrogen-bond acceptors (Lipinski definition) is 6. The molecule has 0 aliphatic carbocycles. The topological polar surface area (TPSA) is 105 Å². The maximum Gasteiger partial charge on any atom is 0.263 e. The summed E-state index contributed by atoms with van der Waals surface area (Å²) in [5.41, 5.74) is 4.12. The normalized spacial score (nSPS) is 11.4. The highest BCUT2D eigenvalue weighted by molar-refractivity contribution is 6.31. The molecule has 8 heteroatoms. The summed E-state index contributed by atoms with van der Waals surface area (Å²) in [5, 5.41) is 23.4. The summed E-state index contributed by atoms with van der Waals surface area (Å²) >= 11 is 5.91. The van der Waals surface area contributed by atoms with Crippen LogP contribution in [0.15, 0.2) is 57.9 Å². The van der Waals surface area contributed by atoms with E-state index in [2.05, 4.69) is 9.98 Å². The first kappa shape index (κ1) is 19.6. The van der Waals surface area contributed by atoms with Crippen LogP contribution in [0.1, 0.15) is 16.7 Å². The van der Waals surface area contributed by atoms with Crippen LogP contribution in [-0.2, 0) is 0 Å². The van der Waals surface area contributed by atoms with Crippen molar-refractivity contribution in [3.05, 3.63) is 80.4 Å². The summed E-state index contributed by atoms with van der Waals surface area (Å²) in [6.45, 7) is 3.85. The molecule has 0 amide bonds. The van der Waals surface area contributed by atoms with E-state index in [1.807, 2.05) is 38.1 Å². The molecule has 0 saturated heterocycles. The van der Waals surface area contributed by atoms with Gasteiger partial charge in [-0.05, 0) is 66.6 Å². The lowest BCUT2D eigenvalue weighted by Crippen LogP contribution is -2.02. The highest BCUT2D eigenvalue weighted by Gasteiger charge is 2.14. The van der Waals surface area contributed by atoms with Gasteiger partial charge in [0.15, 0.2) is 5.58 Å². The Labute approximate surface area is 176 Å². The van der Waals surface area contributed by atoms with Gasteiger partial charge in [-0.15, -0.1) is 0 Å². The van der Waals surface area contributed by atoms with E-state index in [0.717, 1.165) is 28.3 Å². The van der Waals surface area contributed by atoms with E-state index in [-0.39, 0.29) is 10.6 Å². The minimum atomic E-state index is -0.758. The zero-order valence-electron chi connectivity index (χ0n) is 16.0. The third-order valence-electron chi connectivity index (χ3n) is 4.68. The van der Waals surface area contributed by atoms with Crippen LogP contribution >= 0.6 is 11.6 Å². The molecule has 0 atom stereocenters. The molecule has 7 nitrogen and oxygen atoms in total. The summed E-state index contributed by atoms with van der Waals surface area (Å²) in [4.78, 5) is 19.2. The molecule has 0 radical (unpaired) electrons. The van der Waals surface area contributed by atoms with Gasteiger partial charge >= 0.3 is 0 Å². The van der Waals surface area contributed by atoms with Gasteiger partial charge in [-0.3, -0.25) is 15.1 Å². The number of hydrogen-bond donors (Lipinski definition) is 0. The van der Waals surface area contributed by atoms with E-state index in [4.69, 9.17) is 16.0 Å². The molecule has 4 rings (SSSR count). The lowest BCUT2D eigenvalue weighted by molar-refractivity contribution is -0.398. The molecule has 0 aliphatic heterocycles. The van der Waals surface area contributed by atoms with Gasteiger partial charge in [-0.2, -0.15) is 0 Å². The van der Waals surface area contributed by atoms with Crippen LogP contribution in [0.4, 0.5) is 11.4 Å². The van der Waals surface area contributed by atoms with Gasteiger partial charge in [-0.25, -0.2) is 4.98 Å². The zero-order valence-corrected chi connectivity index (χ0v) is 16.8. The molecule has 0 N–H and O–H groups in total. The standard InChI is InChI=1S/C22H16ClN3O4/c1-12-6-7-20-18(8-12)25-22(30-20)16-4-3-5-17(13(16)2)24-11-14-9-15(23)10-19(21(14)27)26(28)29/h3-11,27H,1-2H3/p-1. The van der Waals surface area contributed by atoms with Crippen molar-refractivity contribution in [3.8, 4) is 17.2 Å². The number of benzene rings is 3. The Morgan fingerprint density at radius 2 is 1.97 bits per heavy atom. The summed E-state index contributed by atoms with van der Waals surface area (Å²) in [6.07, 6.45) is 1.28. The van der Waals surface area contributed by atoms with Crippen LogP contribution in [-0.4, -0.2) is 16.1 Å². The van der Waals surface area contributed by atoms with Crippen molar-refractivity contribution in [1.82, 2.24) is 4.98 Å². The van der Waals surface area contributed by atoms with Crippen molar-refractivity contribution >= 4 is 40.3 Å². The van der Waals surface area contributed by atoms with Gasteiger partial charge in [0.2, 0.25) is 5.89 Å². The van der Waals surface area contributed by atoms with E-state index in [0.29, 0.717) is 17.2 Å². The Hall–Kier alpha value is -3.71. The quantitative estimate of drug-likeness (QED) is 0.246. The molecule has 0 saturated carbocycles. The van der Waals surface area contributed by atoms with Crippen LogP contribution in [0, 0.1) is 24.0 Å². The van der Waals surface area contributed by atoms with E-state index < -0.39 is 16.4 Å². The largest absolute Gasteiger partial charge is 0.867 e. The van der Waals surface area contributed by atoms with Gasteiger partial charge < -0.3 is 9.52 Å². The van der Waals surface area contributed by atoms with Gasteiger partial charge in [0.1, 0.15) is 5.52 Å². The molecule has 0 bridgehead atoms. The Bertz CT molecular complexity index is 1330. The Kier molecular flexibility index (Phi) is 4.97. The number of fused-ring (bicyclic) bond motifs is 1. The average molecular weight is 421 g/mol. The maximum absolute atomic E-state index is 12.3. The van der Waals surface area contributed by atoms with Crippen LogP contribution in [0.2, 0.25) is 5.02 Å². The van der Waals surface area contributed by atoms with Gasteiger partial charge in [0.05, 0.1) is 10.6 Å². The Morgan fingerprint density at radius 3 is 2.73 bits per heavy atom. The Morgan fingerprint density at radius 1 is 1.17 bits per heavy atom. The van der Waals surface area contributed by atoms with Crippen molar-refractivity contribution in [2.75, 3.05) is 0 Å². The first-order valence-corrected chi connectivity index (χ1v) is 9.37. The highest BCUT2D eigenvalue weighted by Crippen LogP contribution is 2.33. The molecule has 1 aromatic heterocycles. The zero-order chi connectivity index (χ0) is 21.4. The van der Waals surface area contributed by atoms with Crippen molar-refractivity contribution in [2.45, 2.75) is 13.8 Å². The summed E-state index contributed by atoms with van der Waals surface area (Å²) < 4.78 is 5.88. The van der Waals surface area contributed by atoms with Crippen LogP contribution < -0.4 is 5.11 Å². The lowest BCUT2D eigenvalue weighted by atomic mass is 10.1. The van der Waals surface area contributed by atoms with Crippen LogP contribution in [0.25, 0.3) is 22.6 Å². The third-order valence-corrected chi connectivity index (χ3v) is 4.90. The molecular weight excluding hydrogens is 406 g/mol. The molecule has 0 spiro atoms. The number of nitrogens with zero attached hydrogens (tertiary/aromatic N) is 3. The second kappa shape index (κ2) is 7.61. The third kappa shape index (κ3) is 3.62. The average Bonchev–Trinajstić information content (AvgIpc) is 3.11. The predicted molar refractivity (Wildman–Crippen MR) is 114 cm³/mol. The van der Waals surface area contributed by atoms with Crippen molar-refractivity contribution in [2.24, 2.45) is 4.99 Å². The number of aryl methyl sites for hydroxylation is 1. The first-order chi connectivity index (χ1) is 14.3. The molecular formula is C22H15ClN3O4-. The fourth-order valence-corrected chi connectivity index (χ4v) is 3.34. The fraction of sp³-hybridized carbons (Fsp3) is 0.0909. The van der Waals surface area contributed by atoms with Gasteiger partial charge in [0, 0.05) is 22.9 Å². The van der Waals surface area contributed by atoms with Gasteiger partial charge in [0.25, 0.3) is 5.69 Å². The molecule has 1 heterocycles. The lowest BCUT2D eigenvalue weighted by Gasteiger charge is -2.11. The molecule has 3 aromatic carbocycles. The number of rotatable bonds is 4. The highest BCUT2D eigenvalue weighted by atomic mass is 35.5. The van der Waals surface area contributed by atoms with E-state index in [9.17, 15) is 15.2 Å². The first-order valence-electron chi connectivity index (χ1n) is 8.99. The van der Waals surface area contributed by atoms with Crippen molar-refractivity contribution in [1.29, 1.82) is 0 Å². The molecule has 30 heavy (non-hydrogen) atoms. The number of halogens is 1. The number of aliphatic imine (C=N–C) groups is 1. The number of nitro groups is 1. The maximum atomic E-state index is 12.3.